The number of amides is 1. The minimum atomic E-state index is -3.80. The number of sulfonamides is 1. The molecule has 0 radical (unpaired) electrons. The lowest BCUT2D eigenvalue weighted by Crippen LogP contribution is -2.27. The van der Waals surface area contributed by atoms with E-state index in [9.17, 15) is 13.2 Å². The van der Waals surface area contributed by atoms with Crippen molar-refractivity contribution in [3.8, 4) is 0 Å². The molecule has 2 aromatic rings. The highest BCUT2D eigenvalue weighted by Gasteiger charge is 2.16. The Morgan fingerprint density at radius 3 is 2.46 bits per heavy atom. The van der Waals surface area contributed by atoms with Crippen LogP contribution in [0.25, 0.3) is 0 Å². The number of nitrogens with one attached hydrogen (secondary N) is 2. The fourth-order valence-corrected chi connectivity index (χ4v) is 3.47. The van der Waals surface area contributed by atoms with Gasteiger partial charge in [0.15, 0.2) is 0 Å². The van der Waals surface area contributed by atoms with Gasteiger partial charge in [0.1, 0.15) is 0 Å². The van der Waals surface area contributed by atoms with Gasteiger partial charge in [-0.3, -0.25) is 9.52 Å². The third kappa shape index (κ3) is 6.01. The van der Waals surface area contributed by atoms with Crippen molar-refractivity contribution in [1.29, 1.82) is 0 Å². The van der Waals surface area contributed by atoms with Crippen molar-refractivity contribution in [1.82, 2.24) is 10.2 Å². The molecule has 0 bridgehead atoms. The van der Waals surface area contributed by atoms with E-state index in [1.54, 1.807) is 36.4 Å². The van der Waals surface area contributed by atoms with Crippen molar-refractivity contribution in [3.63, 3.8) is 0 Å². The summed E-state index contributed by atoms with van der Waals surface area (Å²) in [6.45, 7) is 1.39. The topological polar surface area (TPSA) is 78.5 Å². The molecule has 2 rings (SSSR count). The minimum absolute atomic E-state index is 0.0217. The van der Waals surface area contributed by atoms with Crippen LogP contribution in [0.3, 0.4) is 0 Å². The summed E-state index contributed by atoms with van der Waals surface area (Å²) in [4.78, 5) is 14.3. The second-order valence-corrected chi connectivity index (χ2v) is 8.17. The van der Waals surface area contributed by atoms with Gasteiger partial charge in [-0.2, -0.15) is 0 Å². The molecule has 8 heteroatoms. The first-order chi connectivity index (χ1) is 12.3. The van der Waals surface area contributed by atoms with Gasteiger partial charge in [-0.1, -0.05) is 17.7 Å². The summed E-state index contributed by atoms with van der Waals surface area (Å²) in [5, 5.41) is 3.31. The zero-order chi connectivity index (χ0) is 19.2. The summed E-state index contributed by atoms with van der Waals surface area (Å²) in [6.07, 6.45) is 0.814. The first kappa shape index (κ1) is 20.2. The maximum absolute atomic E-state index is 12.5. The molecule has 6 nitrogen and oxygen atoms in total. The Morgan fingerprint density at radius 2 is 1.81 bits per heavy atom. The largest absolute Gasteiger partial charge is 0.352 e. The molecule has 0 fully saturated rings. The molecule has 0 saturated carbocycles. The normalized spacial score (nSPS) is 11.4. The summed E-state index contributed by atoms with van der Waals surface area (Å²) < 4.78 is 27.5. The molecule has 0 saturated heterocycles. The number of carbonyl (C=O) groups is 1. The number of nitrogens with zero attached hydrogens (tertiary/aromatic N) is 1. The molecule has 0 unspecified atom stereocenters. The van der Waals surface area contributed by atoms with E-state index < -0.39 is 10.0 Å². The van der Waals surface area contributed by atoms with Crippen LogP contribution in [-0.4, -0.2) is 46.4 Å². The Kier molecular flexibility index (Phi) is 7.02. The lowest BCUT2D eigenvalue weighted by atomic mass is 10.2. The lowest BCUT2D eigenvalue weighted by molar-refractivity contribution is 0.0952. The molecule has 0 heterocycles. The van der Waals surface area contributed by atoms with Gasteiger partial charge in [0.25, 0.3) is 15.9 Å². The zero-order valence-corrected chi connectivity index (χ0v) is 16.3. The molecule has 0 aromatic heterocycles. The summed E-state index contributed by atoms with van der Waals surface area (Å²) in [7, 11) is 0.126. The van der Waals surface area contributed by atoms with Crippen LogP contribution in [0.1, 0.15) is 16.8 Å². The maximum Gasteiger partial charge on any atom is 0.261 e. The van der Waals surface area contributed by atoms with Crippen molar-refractivity contribution < 1.29 is 13.2 Å². The number of hydrogen-bond acceptors (Lipinski definition) is 4. The van der Waals surface area contributed by atoms with Crippen molar-refractivity contribution in [2.45, 2.75) is 11.3 Å². The highest BCUT2D eigenvalue weighted by atomic mass is 35.5. The smallest absolute Gasteiger partial charge is 0.261 e. The fraction of sp³-hybridized carbons (Fsp3) is 0.278. The van der Waals surface area contributed by atoms with E-state index >= 15 is 0 Å². The molecule has 26 heavy (non-hydrogen) atoms. The molecular weight excluding hydrogens is 374 g/mol. The molecular formula is C18H22ClN3O3S. The summed E-state index contributed by atoms with van der Waals surface area (Å²) in [5.41, 5.74) is 0.696. The molecule has 1 amide bonds. The van der Waals surface area contributed by atoms with Gasteiger partial charge in [0, 0.05) is 22.8 Å². The van der Waals surface area contributed by atoms with E-state index in [0.717, 1.165) is 13.0 Å². The Morgan fingerprint density at radius 1 is 1.12 bits per heavy atom. The van der Waals surface area contributed by atoms with E-state index in [4.69, 9.17) is 11.6 Å². The molecule has 2 aromatic carbocycles. The molecule has 0 aliphatic carbocycles. The Hall–Kier alpha value is -2.09. The molecule has 0 aliphatic heterocycles. The number of carbonyl (C=O) groups excluding carboxylic acids is 1. The lowest BCUT2D eigenvalue weighted by Gasteiger charge is -2.11. The molecule has 0 atom stereocenters. The number of benzene rings is 2. The van der Waals surface area contributed by atoms with Gasteiger partial charge in [-0.15, -0.1) is 0 Å². The van der Waals surface area contributed by atoms with Crippen LogP contribution in [0.2, 0.25) is 5.02 Å². The Labute approximate surface area is 159 Å². The van der Waals surface area contributed by atoms with Gasteiger partial charge >= 0.3 is 0 Å². The quantitative estimate of drug-likeness (QED) is 0.673. The standard InChI is InChI=1S/C18H22ClN3O3S/c1-22(2)12-4-11-20-18(23)14-5-3-6-17(13-14)26(24,25)21-16-9-7-15(19)8-10-16/h3,5-10,13,21H,4,11-12H2,1-2H3,(H,20,23). The van der Waals surface area contributed by atoms with E-state index in [0.29, 0.717) is 22.8 Å². The zero-order valence-electron chi connectivity index (χ0n) is 14.7. The third-order valence-corrected chi connectivity index (χ3v) is 5.20. The second-order valence-electron chi connectivity index (χ2n) is 6.05. The van der Waals surface area contributed by atoms with E-state index in [1.807, 2.05) is 19.0 Å². The van der Waals surface area contributed by atoms with Gasteiger partial charge in [0.2, 0.25) is 0 Å². The number of rotatable bonds is 8. The van der Waals surface area contributed by atoms with E-state index in [1.165, 1.54) is 12.1 Å². The van der Waals surface area contributed by atoms with Crippen molar-refractivity contribution in [2.24, 2.45) is 0 Å². The third-order valence-electron chi connectivity index (χ3n) is 3.57. The molecule has 0 aliphatic rings. The molecule has 140 valence electrons. The van der Waals surface area contributed by atoms with Crippen molar-refractivity contribution in [2.75, 3.05) is 31.9 Å². The van der Waals surface area contributed by atoms with Crippen LogP contribution in [0.5, 0.6) is 0 Å². The Balaban J connectivity index is 2.07. The minimum Gasteiger partial charge on any atom is -0.352 e. The number of hydrogen-bond donors (Lipinski definition) is 2. The number of anilines is 1. The van der Waals surface area contributed by atoms with Crippen molar-refractivity contribution in [3.05, 3.63) is 59.1 Å². The van der Waals surface area contributed by atoms with Crippen LogP contribution in [0.15, 0.2) is 53.4 Å². The van der Waals surface area contributed by atoms with Crippen molar-refractivity contribution >= 4 is 33.2 Å². The summed E-state index contributed by atoms with van der Waals surface area (Å²) in [6, 6.07) is 12.3. The van der Waals surface area contributed by atoms with Crippen LogP contribution in [-0.2, 0) is 10.0 Å². The average Bonchev–Trinajstić information content (AvgIpc) is 2.60. The molecule has 0 spiro atoms. The Bertz CT molecular complexity index is 852. The van der Waals surface area contributed by atoms with Gasteiger partial charge < -0.3 is 10.2 Å². The summed E-state index contributed by atoms with van der Waals surface area (Å²) in [5.74, 6) is -0.299. The van der Waals surface area contributed by atoms with E-state index in [2.05, 4.69) is 10.0 Å². The highest BCUT2D eigenvalue weighted by Crippen LogP contribution is 2.19. The SMILES string of the molecule is CN(C)CCCNC(=O)c1cccc(S(=O)(=O)Nc2ccc(Cl)cc2)c1. The monoisotopic (exact) mass is 395 g/mol. The predicted octanol–water partition coefficient (Wildman–Crippen LogP) is 2.82. The van der Waals surface area contributed by atoms with E-state index in [-0.39, 0.29) is 10.8 Å². The van der Waals surface area contributed by atoms with Crippen LogP contribution in [0.4, 0.5) is 5.69 Å². The first-order valence-corrected chi connectivity index (χ1v) is 9.95. The van der Waals surface area contributed by atoms with Crippen LogP contribution >= 0.6 is 11.6 Å². The van der Waals surface area contributed by atoms with Gasteiger partial charge in [-0.25, -0.2) is 8.42 Å². The number of halogens is 1. The maximum atomic E-state index is 12.5. The van der Waals surface area contributed by atoms with Gasteiger partial charge in [-0.05, 0) is 69.5 Å². The first-order valence-electron chi connectivity index (χ1n) is 8.09. The van der Waals surface area contributed by atoms with Crippen LogP contribution < -0.4 is 10.0 Å². The average molecular weight is 396 g/mol. The fourth-order valence-electron chi connectivity index (χ4n) is 2.24. The van der Waals surface area contributed by atoms with Gasteiger partial charge in [0.05, 0.1) is 4.90 Å². The highest BCUT2D eigenvalue weighted by molar-refractivity contribution is 7.92. The predicted molar refractivity (Wildman–Crippen MR) is 104 cm³/mol. The molecule has 2 N–H and O–H groups in total. The second kappa shape index (κ2) is 9.02. The summed E-state index contributed by atoms with van der Waals surface area (Å²) >= 11 is 5.80. The van der Waals surface area contributed by atoms with Crippen LogP contribution in [0, 0.1) is 0 Å².